The molecule has 1 unspecified atom stereocenters. The van der Waals surface area contributed by atoms with Crippen LogP contribution < -0.4 is 4.90 Å². The van der Waals surface area contributed by atoms with E-state index in [0.717, 1.165) is 22.5 Å². The van der Waals surface area contributed by atoms with E-state index in [1.54, 1.807) is 35.0 Å². The van der Waals surface area contributed by atoms with Gasteiger partial charge in [0.15, 0.2) is 0 Å². The molecule has 1 N–H and O–H groups in total. The number of amides is 2. The first kappa shape index (κ1) is 17.5. The predicted octanol–water partition coefficient (Wildman–Crippen LogP) is 3.23. The maximum Gasteiger partial charge on any atom is 0.228 e. The molecule has 0 spiro atoms. The van der Waals surface area contributed by atoms with E-state index in [-0.39, 0.29) is 24.2 Å². The maximum atomic E-state index is 12.8. The van der Waals surface area contributed by atoms with Gasteiger partial charge in [0.25, 0.3) is 0 Å². The maximum absolute atomic E-state index is 12.8. The summed E-state index contributed by atoms with van der Waals surface area (Å²) < 4.78 is 0. The van der Waals surface area contributed by atoms with Crippen LogP contribution in [0.2, 0.25) is 5.02 Å². The molecule has 1 fully saturated rings. The van der Waals surface area contributed by atoms with Crippen molar-refractivity contribution in [3.8, 4) is 0 Å². The second-order valence-corrected chi connectivity index (χ2v) is 7.22. The largest absolute Gasteiger partial charge is 0.340 e. The molecular formula is C20H19ClN4O2. The highest BCUT2D eigenvalue weighted by atomic mass is 35.5. The number of aromatic amines is 1. The van der Waals surface area contributed by atoms with Crippen LogP contribution in [-0.4, -0.2) is 40.3 Å². The van der Waals surface area contributed by atoms with E-state index in [4.69, 9.17) is 11.6 Å². The summed E-state index contributed by atoms with van der Waals surface area (Å²) in [6.07, 6.45) is 0.204. The molecule has 2 aromatic carbocycles. The second-order valence-electron chi connectivity index (χ2n) is 6.78. The van der Waals surface area contributed by atoms with Crippen LogP contribution in [-0.2, 0) is 16.1 Å². The van der Waals surface area contributed by atoms with Crippen LogP contribution in [0.3, 0.4) is 0 Å². The zero-order valence-electron chi connectivity index (χ0n) is 14.9. The fourth-order valence-electron chi connectivity index (χ4n) is 3.46. The Morgan fingerprint density at radius 3 is 2.89 bits per heavy atom. The molecule has 2 amide bonds. The van der Waals surface area contributed by atoms with Gasteiger partial charge >= 0.3 is 0 Å². The van der Waals surface area contributed by atoms with E-state index >= 15 is 0 Å². The van der Waals surface area contributed by atoms with Crippen molar-refractivity contribution in [2.24, 2.45) is 5.92 Å². The van der Waals surface area contributed by atoms with Gasteiger partial charge in [0.05, 0.1) is 23.5 Å². The summed E-state index contributed by atoms with van der Waals surface area (Å²) in [7, 11) is 1.74. The van der Waals surface area contributed by atoms with Crippen molar-refractivity contribution in [2.75, 3.05) is 18.5 Å². The third-order valence-corrected chi connectivity index (χ3v) is 5.03. The van der Waals surface area contributed by atoms with Gasteiger partial charge in [-0.25, -0.2) is 4.98 Å². The van der Waals surface area contributed by atoms with Crippen LogP contribution >= 0.6 is 11.6 Å². The van der Waals surface area contributed by atoms with Gasteiger partial charge in [0, 0.05) is 30.7 Å². The first-order chi connectivity index (χ1) is 13.0. The topological polar surface area (TPSA) is 69.3 Å². The Morgan fingerprint density at radius 2 is 2.11 bits per heavy atom. The SMILES string of the molecule is CN(Cc1nc2ccccc2[nH]1)C(=O)C1CC(=O)N(c2cccc(Cl)c2)C1. The average molecular weight is 383 g/mol. The number of nitrogens with zero attached hydrogens (tertiary/aromatic N) is 3. The number of aromatic nitrogens is 2. The number of anilines is 1. The minimum atomic E-state index is -0.370. The Morgan fingerprint density at radius 1 is 1.30 bits per heavy atom. The van der Waals surface area contributed by atoms with Crippen LogP contribution in [0, 0.1) is 5.92 Å². The summed E-state index contributed by atoms with van der Waals surface area (Å²) in [5.74, 6) is 0.231. The van der Waals surface area contributed by atoms with Gasteiger partial charge < -0.3 is 14.8 Å². The van der Waals surface area contributed by atoms with E-state index < -0.39 is 0 Å². The smallest absolute Gasteiger partial charge is 0.228 e. The molecule has 3 aromatic rings. The van der Waals surface area contributed by atoms with Crippen molar-refractivity contribution in [2.45, 2.75) is 13.0 Å². The zero-order chi connectivity index (χ0) is 19.0. The molecule has 0 saturated carbocycles. The molecule has 2 heterocycles. The van der Waals surface area contributed by atoms with Gasteiger partial charge in [-0.05, 0) is 30.3 Å². The minimum absolute atomic E-state index is 0.0617. The van der Waals surface area contributed by atoms with Crippen LogP contribution in [0.4, 0.5) is 5.69 Å². The van der Waals surface area contributed by atoms with Crippen LogP contribution in [0.25, 0.3) is 11.0 Å². The number of hydrogen-bond acceptors (Lipinski definition) is 3. The van der Waals surface area contributed by atoms with Gasteiger partial charge in [0.2, 0.25) is 11.8 Å². The van der Waals surface area contributed by atoms with Crippen LogP contribution in [0.1, 0.15) is 12.2 Å². The number of nitrogens with one attached hydrogen (secondary N) is 1. The summed E-state index contributed by atoms with van der Waals surface area (Å²) in [5.41, 5.74) is 2.54. The molecule has 0 bridgehead atoms. The fraction of sp³-hybridized carbons (Fsp3) is 0.250. The van der Waals surface area contributed by atoms with Crippen molar-refractivity contribution in [3.63, 3.8) is 0 Å². The van der Waals surface area contributed by atoms with Crippen molar-refractivity contribution in [1.29, 1.82) is 0 Å². The lowest BCUT2D eigenvalue weighted by molar-refractivity contribution is -0.135. The van der Waals surface area contributed by atoms with Crippen LogP contribution in [0.5, 0.6) is 0 Å². The lowest BCUT2D eigenvalue weighted by Gasteiger charge is -2.20. The third-order valence-electron chi connectivity index (χ3n) is 4.80. The van der Waals surface area contributed by atoms with E-state index in [1.165, 1.54) is 0 Å². The summed E-state index contributed by atoms with van der Waals surface area (Å²) in [4.78, 5) is 36.2. The van der Waals surface area contributed by atoms with Gasteiger partial charge in [-0.3, -0.25) is 9.59 Å². The van der Waals surface area contributed by atoms with Gasteiger partial charge in [-0.15, -0.1) is 0 Å². The summed E-state index contributed by atoms with van der Waals surface area (Å²) in [6, 6.07) is 14.9. The van der Waals surface area contributed by atoms with E-state index in [2.05, 4.69) is 9.97 Å². The van der Waals surface area contributed by atoms with Crippen molar-refractivity contribution < 1.29 is 9.59 Å². The van der Waals surface area contributed by atoms with E-state index in [9.17, 15) is 9.59 Å². The third kappa shape index (κ3) is 3.53. The monoisotopic (exact) mass is 382 g/mol. The lowest BCUT2D eigenvalue weighted by atomic mass is 10.1. The molecule has 138 valence electrons. The quantitative estimate of drug-likeness (QED) is 0.753. The number of imidazole rings is 1. The Balaban J connectivity index is 1.45. The Kier molecular flexibility index (Phi) is 4.58. The molecule has 1 atom stereocenters. The number of fused-ring (bicyclic) bond motifs is 1. The number of carbonyl (C=O) groups excluding carboxylic acids is 2. The predicted molar refractivity (Wildman–Crippen MR) is 104 cm³/mol. The molecule has 6 nitrogen and oxygen atoms in total. The number of para-hydroxylation sites is 2. The molecule has 1 saturated heterocycles. The first-order valence-electron chi connectivity index (χ1n) is 8.76. The highest BCUT2D eigenvalue weighted by Crippen LogP contribution is 2.28. The summed E-state index contributed by atoms with van der Waals surface area (Å²) in [6.45, 7) is 0.734. The van der Waals surface area contributed by atoms with Crippen molar-refractivity contribution >= 4 is 40.1 Å². The molecule has 4 rings (SSSR count). The summed E-state index contributed by atoms with van der Waals surface area (Å²) in [5, 5.41) is 0.567. The Hall–Kier alpha value is -2.86. The van der Waals surface area contributed by atoms with Gasteiger partial charge in [0.1, 0.15) is 5.82 Å². The highest BCUT2D eigenvalue weighted by Gasteiger charge is 2.36. The number of hydrogen-bond donors (Lipinski definition) is 1. The Labute approximate surface area is 161 Å². The second kappa shape index (κ2) is 7.04. The van der Waals surface area contributed by atoms with Crippen molar-refractivity contribution in [1.82, 2.24) is 14.9 Å². The minimum Gasteiger partial charge on any atom is -0.340 e. The molecule has 1 aliphatic rings. The number of rotatable bonds is 4. The molecule has 27 heavy (non-hydrogen) atoms. The molecule has 1 aromatic heterocycles. The fourth-order valence-corrected chi connectivity index (χ4v) is 3.65. The molecular weight excluding hydrogens is 364 g/mol. The molecule has 0 aliphatic carbocycles. The molecule has 0 radical (unpaired) electrons. The molecule has 1 aliphatic heterocycles. The van der Waals surface area contributed by atoms with Gasteiger partial charge in [-0.2, -0.15) is 0 Å². The standard InChI is InChI=1S/C20H19ClN4O2/c1-24(12-18-22-16-7-2-3-8-17(16)23-18)20(27)13-9-19(26)25(11-13)15-6-4-5-14(21)10-15/h2-8,10,13H,9,11-12H2,1H3,(H,22,23). The van der Waals surface area contributed by atoms with E-state index in [1.807, 2.05) is 30.3 Å². The number of benzene rings is 2. The zero-order valence-corrected chi connectivity index (χ0v) is 15.6. The number of carbonyl (C=O) groups is 2. The average Bonchev–Trinajstić information content (AvgIpc) is 3.23. The Bertz CT molecular complexity index is 983. The highest BCUT2D eigenvalue weighted by molar-refractivity contribution is 6.31. The van der Waals surface area contributed by atoms with Crippen LogP contribution in [0.15, 0.2) is 48.5 Å². The van der Waals surface area contributed by atoms with Gasteiger partial charge in [-0.1, -0.05) is 29.8 Å². The summed E-state index contributed by atoms with van der Waals surface area (Å²) >= 11 is 6.02. The number of H-pyrrole nitrogens is 1. The number of halogens is 1. The molecule has 7 heteroatoms. The first-order valence-corrected chi connectivity index (χ1v) is 9.13. The van der Waals surface area contributed by atoms with Crippen molar-refractivity contribution in [3.05, 3.63) is 59.4 Å². The lowest BCUT2D eigenvalue weighted by Crippen LogP contribution is -2.34. The normalized spacial score (nSPS) is 16.9. The van der Waals surface area contributed by atoms with E-state index in [0.29, 0.717) is 18.1 Å².